The zero-order chi connectivity index (χ0) is 18.4. The maximum atomic E-state index is 12.7. The number of hydrogen-bond donors (Lipinski definition) is 2. The lowest BCUT2D eigenvalue weighted by Gasteiger charge is -2.30. The highest BCUT2D eigenvalue weighted by Crippen LogP contribution is 2.45. The van der Waals surface area contributed by atoms with Gasteiger partial charge in [-0.15, -0.1) is 0 Å². The first-order valence-electron chi connectivity index (χ1n) is 8.88. The topological polar surface area (TPSA) is 95.3 Å². The van der Waals surface area contributed by atoms with Gasteiger partial charge in [0.2, 0.25) is 5.91 Å². The SMILES string of the molecule is CC(=O)N1C[C@H]2CN(C(=O)c3cc(N)n[nH]3)C[C@H]2[C@@H]1c1ccccc1C. The van der Waals surface area contributed by atoms with Gasteiger partial charge in [-0.25, -0.2) is 0 Å². The van der Waals surface area contributed by atoms with Crippen LogP contribution in [0.3, 0.4) is 0 Å². The molecule has 0 unspecified atom stereocenters. The molecule has 2 aliphatic heterocycles. The molecule has 0 saturated carbocycles. The second kappa shape index (κ2) is 6.16. The second-order valence-corrected chi connectivity index (χ2v) is 7.31. The fourth-order valence-corrected chi connectivity index (χ4v) is 4.47. The number of rotatable bonds is 2. The van der Waals surface area contributed by atoms with Crippen molar-refractivity contribution in [2.45, 2.75) is 19.9 Å². The van der Waals surface area contributed by atoms with Crippen molar-refractivity contribution >= 4 is 17.6 Å². The highest BCUT2D eigenvalue weighted by Gasteiger charge is 2.49. The number of nitrogens with one attached hydrogen (secondary N) is 1. The van der Waals surface area contributed by atoms with Crippen LogP contribution in [0.5, 0.6) is 0 Å². The molecule has 2 aliphatic rings. The maximum absolute atomic E-state index is 12.7. The number of carbonyl (C=O) groups excluding carboxylic acids is 2. The summed E-state index contributed by atoms with van der Waals surface area (Å²) >= 11 is 0. The number of aryl methyl sites for hydroxylation is 1. The van der Waals surface area contributed by atoms with Crippen molar-refractivity contribution in [3.63, 3.8) is 0 Å². The van der Waals surface area contributed by atoms with Crippen molar-refractivity contribution in [3.05, 3.63) is 47.2 Å². The molecular formula is C19H23N5O2. The van der Waals surface area contributed by atoms with E-state index in [-0.39, 0.29) is 29.7 Å². The van der Waals surface area contributed by atoms with Gasteiger partial charge in [-0.1, -0.05) is 24.3 Å². The summed E-state index contributed by atoms with van der Waals surface area (Å²) in [6.07, 6.45) is 0. The van der Waals surface area contributed by atoms with Crippen molar-refractivity contribution in [2.75, 3.05) is 25.4 Å². The fraction of sp³-hybridized carbons (Fsp3) is 0.421. The Balaban J connectivity index is 1.62. The molecule has 0 spiro atoms. The normalized spacial score (nSPS) is 24.8. The molecule has 1 aromatic carbocycles. The molecule has 3 atom stereocenters. The van der Waals surface area contributed by atoms with Gasteiger partial charge in [0.1, 0.15) is 11.5 Å². The lowest BCUT2D eigenvalue weighted by molar-refractivity contribution is -0.130. The minimum absolute atomic E-state index is 0.0170. The van der Waals surface area contributed by atoms with Crippen LogP contribution < -0.4 is 5.73 Å². The van der Waals surface area contributed by atoms with Crippen LogP contribution in [-0.2, 0) is 4.79 Å². The van der Waals surface area contributed by atoms with Gasteiger partial charge >= 0.3 is 0 Å². The first-order chi connectivity index (χ1) is 12.5. The van der Waals surface area contributed by atoms with E-state index in [9.17, 15) is 9.59 Å². The lowest BCUT2D eigenvalue weighted by Crippen LogP contribution is -2.36. The van der Waals surface area contributed by atoms with E-state index in [1.165, 1.54) is 11.1 Å². The van der Waals surface area contributed by atoms with Gasteiger partial charge in [0.15, 0.2) is 0 Å². The van der Waals surface area contributed by atoms with Crippen LogP contribution in [0.1, 0.15) is 34.6 Å². The minimum atomic E-state index is -0.0819. The van der Waals surface area contributed by atoms with Crippen LogP contribution >= 0.6 is 0 Å². The van der Waals surface area contributed by atoms with Crippen LogP contribution in [0.4, 0.5) is 5.82 Å². The largest absolute Gasteiger partial charge is 0.382 e. The molecule has 3 heterocycles. The predicted octanol–water partition coefficient (Wildman–Crippen LogP) is 1.59. The van der Waals surface area contributed by atoms with E-state index in [2.05, 4.69) is 29.3 Å². The summed E-state index contributed by atoms with van der Waals surface area (Å²) in [5.74, 6) is 0.846. The van der Waals surface area contributed by atoms with E-state index in [0.717, 1.165) is 0 Å². The van der Waals surface area contributed by atoms with Crippen molar-refractivity contribution < 1.29 is 9.59 Å². The Hall–Kier alpha value is -2.83. The Morgan fingerprint density at radius 3 is 2.65 bits per heavy atom. The number of benzene rings is 1. The first-order valence-corrected chi connectivity index (χ1v) is 8.88. The van der Waals surface area contributed by atoms with Crippen LogP contribution in [-0.4, -0.2) is 51.4 Å². The number of nitrogens with zero attached hydrogens (tertiary/aromatic N) is 3. The van der Waals surface area contributed by atoms with E-state index in [4.69, 9.17) is 5.73 Å². The fourth-order valence-electron chi connectivity index (χ4n) is 4.47. The molecule has 4 rings (SSSR count). The van der Waals surface area contributed by atoms with E-state index in [0.29, 0.717) is 31.1 Å². The lowest BCUT2D eigenvalue weighted by atomic mass is 9.87. The van der Waals surface area contributed by atoms with Crippen molar-refractivity contribution in [2.24, 2.45) is 11.8 Å². The summed E-state index contributed by atoms with van der Waals surface area (Å²) < 4.78 is 0. The monoisotopic (exact) mass is 353 g/mol. The Bertz CT molecular complexity index is 861. The standard InChI is InChI=1S/C19H23N5O2/c1-11-5-3-4-6-14(11)18-15-10-23(8-13(15)9-24(18)12(2)25)19(26)16-7-17(20)22-21-16/h3-7,13,15,18H,8-10H2,1-2H3,(H3,20,21,22)/t13-,15-,18+/m1/s1. The second-order valence-electron chi connectivity index (χ2n) is 7.31. The molecule has 26 heavy (non-hydrogen) atoms. The molecule has 2 aromatic rings. The minimum Gasteiger partial charge on any atom is -0.382 e. The zero-order valence-electron chi connectivity index (χ0n) is 15.0. The molecule has 2 saturated heterocycles. The highest BCUT2D eigenvalue weighted by molar-refractivity contribution is 5.93. The summed E-state index contributed by atoms with van der Waals surface area (Å²) in [6.45, 7) is 5.67. The van der Waals surface area contributed by atoms with Crippen molar-refractivity contribution in [1.82, 2.24) is 20.0 Å². The number of carbonyl (C=O) groups is 2. The molecule has 136 valence electrons. The number of amides is 2. The molecule has 0 bridgehead atoms. The average molecular weight is 353 g/mol. The maximum Gasteiger partial charge on any atom is 0.271 e. The third-order valence-corrected chi connectivity index (χ3v) is 5.69. The molecule has 7 heteroatoms. The number of hydrogen-bond acceptors (Lipinski definition) is 4. The average Bonchev–Trinajstić information content (AvgIpc) is 3.28. The van der Waals surface area contributed by atoms with E-state index in [1.54, 1.807) is 13.0 Å². The molecule has 3 N–H and O–H groups in total. The molecule has 0 aliphatic carbocycles. The van der Waals surface area contributed by atoms with Crippen molar-refractivity contribution in [1.29, 1.82) is 0 Å². The number of fused-ring (bicyclic) bond motifs is 1. The van der Waals surface area contributed by atoms with Gasteiger partial charge in [0.05, 0.1) is 6.04 Å². The first kappa shape index (κ1) is 16.6. The number of likely N-dealkylation sites (tertiary alicyclic amines) is 2. The Labute approximate surface area is 152 Å². The predicted molar refractivity (Wildman–Crippen MR) is 97.2 cm³/mol. The molecule has 0 radical (unpaired) electrons. The number of aromatic nitrogens is 2. The smallest absolute Gasteiger partial charge is 0.271 e. The Morgan fingerprint density at radius 1 is 1.23 bits per heavy atom. The van der Waals surface area contributed by atoms with Crippen LogP contribution in [0.2, 0.25) is 0 Å². The summed E-state index contributed by atoms with van der Waals surface area (Å²) in [5.41, 5.74) is 8.38. The van der Waals surface area contributed by atoms with Crippen LogP contribution in [0.15, 0.2) is 30.3 Å². The number of nitrogens with two attached hydrogens (primary N) is 1. The van der Waals surface area contributed by atoms with Gasteiger partial charge in [0.25, 0.3) is 5.91 Å². The van der Waals surface area contributed by atoms with Crippen molar-refractivity contribution in [3.8, 4) is 0 Å². The summed E-state index contributed by atoms with van der Waals surface area (Å²) in [6, 6.07) is 9.78. The van der Waals surface area contributed by atoms with Gasteiger partial charge < -0.3 is 15.5 Å². The quantitative estimate of drug-likeness (QED) is 0.857. The van der Waals surface area contributed by atoms with Gasteiger partial charge in [-0.2, -0.15) is 5.10 Å². The third kappa shape index (κ3) is 2.64. The highest BCUT2D eigenvalue weighted by atomic mass is 16.2. The molecular weight excluding hydrogens is 330 g/mol. The summed E-state index contributed by atoms with van der Waals surface area (Å²) in [4.78, 5) is 28.8. The molecule has 1 aromatic heterocycles. The van der Waals surface area contributed by atoms with E-state index >= 15 is 0 Å². The molecule has 7 nitrogen and oxygen atoms in total. The van der Waals surface area contributed by atoms with Crippen LogP contribution in [0.25, 0.3) is 0 Å². The Morgan fingerprint density at radius 2 is 2.00 bits per heavy atom. The van der Waals surface area contributed by atoms with E-state index < -0.39 is 0 Å². The number of H-pyrrole nitrogens is 1. The zero-order valence-corrected chi connectivity index (χ0v) is 15.0. The third-order valence-electron chi connectivity index (χ3n) is 5.69. The number of aromatic amines is 1. The van der Waals surface area contributed by atoms with Gasteiger partial charge in [0, 0.05) is 44.5 Å². The number of anilines is 1. The van der Waals surface area contributed by atoms with Gasteiger partial charge in [-0.05, 0) is 18.1 Å². The number of nitrogen functional groups attached to an aromatic ring is 1. The molecule has 2 fully saturated rings. The summed E-state index contributed by atoms with van der Waals surface area (Å²) in [7, 11) is 0. The van der Waals surface area contributed by atoms with E-state index in [1.807, 2.05) is 21.9 Å². The van der Waals surface area contributed by atoms with Crippen LogP contribution in [0, 0.1) is 18.8 Å². The molecule has 2 amide bonds. The Kier molecular flexibility index (Phi) is 3.94. The van der Waals surface area contributed by atoms with Gasteiger partial charge in [-0.3, -0.25) is 14.7 Å². The summed E-state index contributed by atoms with van der Waals surface area (Å²) in [5, 5.41) is 6.54.